The van der Waals surface area contributed by atoms with Crippen LogP contribution in [0.15, 0.2) is 47.3 Å². The Balaban J connectivity index is 1.25. The molecule has 0 spiro atoms. The van der Waals surface area contributed by atoms with E-state index < -0.39 is 15.3 Å². The summed E-state index contributed by atoms with van der Waals surface area (Å²) >= 11 is 3.52. The van der Waals surface area contributed by atoms with Gasteiger partial charge in [-0.1, -0.05) is 6.07 Å². The third-order valence-electron chi connectivity index (χ3n) is 6.68. The van der Waals surface area contributed by atoms with Gasteiger partial charge < -0.3 is 10.1 Å². The van der Waals surface area contributed by atoms with Gasteiger partial charge in [0.15, 0.2) is 5.65 Å². The van der Waals surface area contributed by atoms with Crippen molar-refractivity contribution in [2.45, 2.75) is 30.6 Å². The fraction of sp³-hybridized carbons (Fsp3) is 0.391. The first kappa shape index (κ1) is 22.8. The monoisotopic (exact) mass is 557 g/mol. The Kier molecular flexibility index (Phi) is 5.91. The molecule has 1 aliphatic carbocycles. The molecule has 0 amide bonds. The van der Waals surface area contributed by atoms with Gasteiger partial charge >= 0.3 is 0 Å². The van der Waals surface area contributed by atoms with Crippen molar-refractivity contribution in [2.24, 2.45) is 0 Å². The number of benzene rings is 1. The van der Waals surface area contributed by atoms with Crippen molar-refractivity contribution < 1.29 is 13.2 Å². The number of rotatable bonds is 5. The Hall–Kier alpha value is -2.67. The molecule has 35 heavy (non-hydrogen) atoms. The summed E-state index contributed by atoms with van der Waals surface area (Å²) in [7, 11) is -3.33. The molecule has 0 unspecified atom stereocenters. The van der Waals surface area contributed by atoms with Gasteiger partial charge in [-0.15, -0.1) is 0 Å². The average molecular weight is 558 g/mol. The maximum atomic E-state index is 13.0. The van der Waals surface area contributed by atoms with Gasteiger partial charge in [0.1, 0.15) is 4.60 Å². The van der Waals surface area contributed by atoms with E-state index in [4.69, 9.17) is 9.72 Å². The van der Waals surface area contributed by atoms with Gasteiger partial charge in [0.2, 0.25) is 16.0 Å². The molecule has 2 atom stereocenters. The molecule has 6 rings (SSSR count). The number of pyridine rings is 1. The number of hydrogen-bond donors (Lipinski definition) is 1. The summed E-state index contributed by atoms with van der Waals surface area (Å²) in [4.78, 5) is 13.6. The van der Waals surface area contributed by atoms with Gasteiger partial charge in [-0.25, -0.2) is 18.1 Å². The second kappa shape index (κ2) is 9.08. The Bertz CT molecular complexity index is 1500. The van der Waals surface area contributed by atoms with Gasteiger partial charge in [-0.05, 0) is 59.5 Å². The summed E-state index contributed by atoms with van der Waals surface area (Å²) in [6.07, 6.45) is 5.40. The van der Waals surface area contributed by atoms with Gasteiger partial charge in [-0.2, -0.15) is 14.4 Å². The van der Waals surface area contributed by atoms with Crippen LogP contribution in [0.25, 0.3) is 27.6 Å². The molecule has 2 aliphatic rings. The van der Waals surface area contributed by atoms with Crippen LogP contribution in [0, 0.1) is 0 Å². The van der Waals surface area contributed by atoms with Crippen LogP contribution in [0.5, 0.6) is 0 Å². The predicted molar refractivity (Wildman–Crippen MR) is 136 cm³/mol. The van der Waals surface area contributed by atoms with Crippen molar-refractivity contribution >= 4 is 53.8 Å². The molecule has 1 aromatic carbocycles. The third kappa shape index (κ3) is 4.28. The van der Waals surface area contributed by atoms with E-state index in [1.54, 1.807) is 21.4 Å². The summed E-state index contributed by atoms with van der Waals surface area (Å²) < 4.78 is 35.4. The summed E-state index contributed by atoms with van der Waals surface area (Å²) in [5, 5.41) is 9.39. The summed E-state index contributed by atoms with van der Waals surface area (Å²) in [5.74, 6) is 0.461. The maximum absolute atomic E-state index is 13.0. The minimum absolute atomic E-state index is 0.0141. The highest BCUT2D eigenvalue weighted by Gasteiger charge is 2.38. The molecule has 1 saturated heterocycles. The van der Waals surface area contributed by atoms with Crippen LogP contribution in [0.2, 0.25) is 0 Å². The fourth-order valence-electron chi connectivity index (χ4n) is 4.85. The van der Waals surface area contributed by atoms with E-state index in [-0.39, 0.29) is 6.04 Å². The minimum Gasteiger partial charge on any atom is -0.379 e. The molecule has 1 saturated carbocycles. The van der Waals surface area contributed by atoms with Crippen LogP contribution < -0.4 is 5.32 Å². The Labute approximate surface area is 210 Å². The van der Waals surface area contributed by atoms with Crippen molar-refractivity contribution in [3.05, 3.63) is 47.3 Å². The summed E-state index contributed by atoms with van der Waals surface area (Å²) in [6.45, 7) is 1.78. The SMILES string of the molecule is O=S(=O)([C@@H]1CC[C@@H](Nc2ncc3c(Br)nn(-c4ccc5ncccc5c4)c3n2)C1)N1CCOCC1. The van der Waals surface area contributed by atoms with E-state index in [1.807, 2.05) is 30.3 Å². The number of hydrogen-bond acceptors (Lipinski definition) is 8. The predicted octanol–water partition coefficient (Wildman–Crippen LogP) is 3.12. The van der Waals surface area contributed by atoms with E-state index in [2.05, 4.69) is 36.3 Å². The van der Waals surface area contributed by atoms with Crippen LogP contribution >= 0.6 is 15.9 Å². The van der Waals surface area contributed by atoms with Crippen molar-refractivity contribution in [1.82, 2.24) is 29.0 Å². The topological polar surface area (TPSA) is 115 Å². The van der Waals surface area contributed by atoms with Crippen LogP contribution in [0.1, 0.15) is 19.3 Å². The van der Waals surface area contributed by atoms with Crippen molar-refractivity contribution in [2.75, 3.05) is 31.6 Å². The van der Waals surface area contributed by atoms with Crippen molar-refractivity contribution in [3.63, 3.8) is 0 Å². The number of halogens is 1. The molecule has 4 heterocycles. The molecule has 12 heteroatoms. The molecule has 3 aromatic heterocycles. The van der Waals surface area contributed by atoms with Gasteiger partial charge in [0.05, 0.1) is 35.1 Å². The van der Waals surface area contributed by atoms with E-state index >= 15 is 0 Å². The standard InChI is InChI=1S/C23H24BrN7O3S/c24-21-19-14-26-23(27-16-3-5-18(13-16)35(32,33)30-8-10-34-11-9-30)28-22(19)31(29-21)17-4-6-20-15(12-17)2-1-7-25-20/h1-2,4,6-7,12,14,16,18H,3,5,8-11,13H2,(H,26,27,28)/t16-,18-/m1/s1. The highest BCUT2D eigenvalue weighted by Crippen LogP contribution is 2.31. The van der Waals surface area contributed by atoms with Crippen LogP contribution in [0.4, 0.5) is 5.95 Å². The quantitative estimate of drug-likeness (QED) is 0.398. The third-order valence-corrected chi connectivity index (χ3v) is 9.62. The molecule has 0 bridgehead atoms. The molecule has 1 N–H and O–H groups in total. The molecular weight excluding hydrogens is 534 g/mol. The number of morpholine rings is 1. The second-order valence-corrected chi connectivity index (χ2v) is 11.8. The lowest BCUT2D eigenvalue weighted by atomic mass is 10.2. The smallest absolute Gasteiger partial charge is 0.224 e. The Morgan fingerprint density at radius 3 is 2.83 bits per heavy atom. The first-order chi connectivity index (χ1) is 17.0. The van der Waals surface area contributed by atoms with Crippen molar-refractivity contribution in [3.8, 4) is 5.69 Å². The first-order valence-electron chi connectivity index (χ1n) is 11.6. The molecular formula is C23H24BrN7O3S. The van der Waals surface area contributed by atoms with Gasteiger partial charge in [0, 0.05) is 36.9 Å². The largest absolute Gasteiger partial charge is 0.379 e. The Morgan fingerprint density at radius 1 is 1.11 bits per heavy atom. The van der Waals surface area contributed by atoms with Crippen molar-refractivity contribution in [1.29, 1.82) is 0 Å². The Morgan fingerprint density at radius 2 is 1.97 bits per heavy atom. The molecule has 2 fully saturated rings. The number of fused-ring (bicyclic) bond motifs is 2. The number of nitrogens with zero attached hydrogens (tertiary/aromatic N) is 6. The average Bonchev–Trinajstić information content (AvgIpc) is 3.49. The van der Waals surface area contributed by atoms with Gasteiger partial charge in [-0.3, -0.25) is 4.98 Å². The lowest BCUT2D eigenvalue weighted by molar-refractivity contribution is 0.0726. The van der Waals surface area contributed by atoms with E-state index in [1.165, 1.54) is 0 Å². The lowest BCUT2D eigenvalue weighted by Crippen LogP contribution is -2.44. The zero-order valence-electron chi connectivity index (χ0n) is 18.8. The zero-order chi connectivity index (χ0) is 24.0. The summed E-state index contributed by atoms with van der Waals surface area (Å²) in [6, 6.07) is 9.84. The van der Waals surface area contributed by atoms with Gasteiger partial charge in [0.25, 0.3) is 0 Å². The normalized spacial score (nSPS) is 21.6. The number of aromatic nitrogens is 5. The molecule has 1 aliphatic heterocycles. The molecule has 4 aromatic rings. The number of ether oxygens (including phenoxy) is 1. The maximum Gasteiger partial charge on any atom is 0.224 e. The number of anilines is 1. The number of sulfonamides is 1. The molecule has 182 valence electrons. The summed E-state index contributed by atoms with van der Waals surface area (Å²) in [5.41, 5.74) is 2.43. The lowest BCUT2D eigenvalue weighted by Gasteiger charge is -2.28. The van der Waals surface area contributed by atoms with E-state index in [0.29, 0.717) is 55.3 Å². The van der Waals surface area contributed by atoms with Crippen LogP contribution in [-0.4, -0.2) is 75.1 Å². The highest BCUT2D eigenvalue weighted by molar-refractivity contribution is 9.10. The first-order valence-corrected chi connectivity index (χ1v) is 13.9. The molecule has 0 radical (unpaired) electrons. The van der Waals surface area contributed by atoms with Crippen LogP contribution in [-0.2, 0) is 14.8 Å². The second-order valence-electron chi connectivity index (χ2n) is 8.85. The highest BCUT2D eigenvalue weighted by atomic mass is 79.9. The number of nitrogens with one attached hydrogen (secondary N) is 1. The minimum atomic E-state index is -3.33. The zero-order valence-corrected chi connectivity index (χ0v) is 21.2. The van der Waals surface area contributed by atoms with E-state index in [0.717, 1.165) is 28.4 Å². The van der Waals surface area contributed by atoms with E-state index in [9.17, 15) is 8.42 Å². The fourth-order valence-corrected chi connectivity index (χ4v) is 7.28. The molecule has 10 nitrogen and oxygen atoms in total. The van der Waals surface area contributed by atoms with Crippen LogP contribution in [0.3, 0.4) is 0 Å².